The Bertz CT molecular complexity index is 743. The summed E-state index contributed by atoms with van der Waals surface area (Å²) in [5.74, 6) is -1.51. The number of primary amides is 1. The number of aromatic carboxylic acids is 1. The number of nitrogens with one attached hydrogen (secondary N) is 2. The maximum Gasteiger partial charge on any atom is 0.335 e. The Kier molecular flexibility index (Phi) is 4.38. The number of hydrogen-bond donors (Lipinski definition) is 4. The van der Waals surface area contributed by atoms with Gasteiger partial charge in [0.25, 0.3) is 5.91 Å². The van der Waals surface area contributed by atoms with E-state index in [4.69, 9.17) is 10.8 Å². The van der Waals surface area contributed by atoms with Crippen LogP contribution in [-0.2, 0) is 0 Å². The highest BCUT2D eigenvalue weighted by atomic mass is 16.4. The molecule has 0 heterocycles. The van der Waals surface area contributed by atoms with E-state index in [2.05, 4.69) is 10.6 Å². The lowest BCUT2D eigenvalue weighted by molar-refractivity contribution is 0.0696. The van der Waals surface area contributed by atoms with Gasteiger partial charge in [0.1, 0.15) is 0 Å². The summed E-state index contributed by atoms with van der Waals surface area (Å²) in [6.45, 7) is 0. The second-order valence-corrected chi connectivity index (χ2v) is 4.41. The van der Waals surface area contributed by atoms with Gasteiger partial charge >= 0.3 is 12.0 Å². The number of urea groups is 1. The maximum absolute atomic E-state index is 12.1. The predicted octanol–water partition coefficient (Wildman–Crippen LogP) is 2.13. The normalized spacial score (nSPS) is 9.82. The zero-order chi connectivity index (χ0) is 16.1. The first-order chi connectivity index (χ1) is 10.5. The Morgan fingerprint density at radius 2 is 1.41 bits per heavy atom. The third kappa shape index (κ3) is 3.83. The minimum Gasteiger partial charge on any atom is -0.478 e. The summed E-state index contributed by atoms with van der Waals surface area (Å²) in [4.78, 5) is 33.8. The van der Waals surface area contributed by atoms with Crippen LogP contribution < -0.4 is 16.4 Å². The van der Waals surface area contributed by atoms with Crippen molar-refractivity contribution in [2.24, 2.45) is 5.73 Å². The van der Waals surface area contributed by atoms with Crippen molar-refractivity contribution in [3.63, 3.8) is 0 Å². The Hall–Kier alpha value is -3.35. The van der Waals surface area contributed by atoms with Crippen molar-refractivity contribution < 1.29 is 19.5 Å². The molecule has 2 aromatic carbocycles. The Balaban J connectivity index is 2.17. The van der Waals surface area contributed by atoms with Crippen LogP contribution in [0, 0.1) is 0 Å². The van der Waals surface area contributed by atoms with Crippen molar-refractivity contribution in [2.75, 3.05) is 10.6 Å². The molecule has 0 saturated heterocycles. The Morgan fingerprint density at radius 3 is 2.00 bits per heavy atom. The van der Waals surface area contributed by atoms with Gasteiger partial charge in [-0.2, -0.15) is 0 Å². The first-order valence-electron chi connectivity index (χ1n) is 6.27. The van der Waals surface area contributed by atoms with Crippen LogP contribution in [0.5, 0.6) is 0 Å². The third-order valence-electron chi connectivity index (χ3n) is 2.76. The zero-order valence-corrected chi connectivity index (χ0v) is 11.4. The number of amides is 3. The maximum atomic E-state index is 12.1. The van der Waals surface area contributed by atoms with Gasteiger partial charge in [0, 0.05) is 16.9 Å². The van der Waals surface area contributed by atoms with Crippen molar-refractivity contribution in [3.05, 3.63) is 59.7 Å². The van der Waals surface area contributed by atoms with E-state index in [9.17, 15) is 14.4 Å². The minimum atomic E-state index is -1.08. The number of carbonyl (C=O) groups excluding carboxylic acids is 2. The van der Waals surface area contributed by atoms with Crippen molar-refractivity contribution in [1.82, 2.24) is 0 Å². The van der Waals surface area contributed by atoms with Crippen LogP contribution >= 0.6 is 0 Å². The standard InChI is InChI=1S/C15H13N3O4/c16-15(22)18-12-6-1-3-9(7-12)13(19)17-11-5-2-4-10(8-11)14(20)21/h1-8H,(H,17,19)(H,20,21)(H3,16,18,22). The number of benzene rings is 2. The molecule has 0 fully saturated rings. The smallest absolute Gasteiger partial charge is 0.335 e. The predicted molar refractivity (Wildman–Crippen MR) is 81.0 cm³/mol. The van der Waals surface area contributed by atoms with Crippen LogP contribution in [-0.4, -0.2) is 23.0 Å². The van der Waals surface area contributed by atoms with E-state index >= 15 is 0 Å². The van der Waals surface area contributed by atoms with Gasteiger partial charge in [-0.1, -0.05) is 12.1 Å². The van der Waals surface area contributed by atoms with E-state index in [-0.39, 0.29) is 5.56 Å². The Labute approximate surface area is 125 Å². The van der Waals surface area contributed by atoms with Crippen molar-refractivity contribution >= 4 is 29.3 Å². The minimum absolute atomic E-state index is 0.0712. The molecule has 0 saturated carbocycles. The van der Waals surface area contributed by atoms with E-state index < -0.39 is 17.9 Å². The molecule has 2 rings (SSSR count). The van der Waals surface area contributed by atoms with Gasteiger partial charge in [0.2, 0.25) is 0 Å². The monoisotopic (exact) mass is 299 g/mol. The van der Waals surface area contributed by atoms with Gasteiger partial charge in [0.05, 0.1) is 5.56 Å². The fraction of sp³-hybridized carbons (Fsp3) is 0. The summed E-state index contributed by atoms with van der Waals surface area (Å²) in [7, 11) is 0. The lowest BCUT2D eigenvalue weighted by Gasteiger charge is -2.08. The lowest BCUT2D eigenvalue weighted by atomic mass is 10.1. The van der Waals surface area contributed by atoms with E-state index in [1.54, 1.807) is 24.3 Å². The average molecular weight is 299 g/mol. The van der Waals surface area contributed by atoms with Crippen LogP contribution in [0.4, 0.5) is 16.2 Å². The van der Waals surface area contributed by atoms with Crippen molar-refractivity contribution in [3.8, 4) is 0 Å². The quantitative estimate of drug-likeness (QED) is 0.690. The summed E-state index contributed by atoms with van der Waals surface area (Å²) >= 11 is 0. The van der Waals surface area contributed by atoms with E-state index in [1.165, 1.54) is 24.3 Å². The summed E-state index contributed by atoms with van der Waals surface area (Å²) in [6.07, 6.45) is 0. The second-order valence-electron chi connectivity index (χ2n) is 4.41. The SMILES string of the molecule is NC(=O)Nc1cccc(C(=O)Nc2cccc(C(=O)O)c2)c1. The molecule has 7 nitrogen and oxygen atoms in total. The lowest BCUT2D eigenvalue weighted by Crippen LogP contribution is -2.19. The van der Waals surface area contributed by atoms with Crippen LogP contribution in [0.2, 0.25) is 0 Å². The molecule has 5 N–H and O–H groups in total. The largest absolute Gasteiger partial charge is 0.478 e. The highest BCUT2D eigenvalue weighted by molar-refractivity contribution is 6.05. The molecule has 0 aromatic heterocycles. The molecule has 0 unspecified atom stereocenters. The number of rotatable bonds is 4. The summed E-state index contributed by atoms with van der Waals surface area (Å²) < 4.78 is 0. The highest BCUT2D eigenvalue weighted by Gasteiger charge is 2.09. The molecule has 0 aliphatic rings. The number of carbonyl (C=O) groups is 3. The van der Waals surface area contributed by atoms with Crippen LogP contribution in [0.3, 0.4) is 0 Å². The first-order valence-corrected chi connectivity index (χ1v) is 6.27. The molecule has 0 atom stereocenters. The molecule has 0 spiro atoms. The number of carboxylic acid groups (broad SMARTS) is 1. The highest BCUT2D eigenvalue weighted by Crippen LogP contribution is 2.15. The van der Waals surface area contributed by atoms with Gasteiger partial charge in [-0.3, -0.25) is 4.79 Å². The fourth-order valence-electron chi connectivity index (χ4n) is 1.81. The van der Waals surface area contributed by atoms with E-state index in [0.717, 1.165) is 0 Å². The molecule has 0 aliphatic carbocycles. The van der Waals surface area contributed by atoms with Gasteiger partial charge < -0.3 is 21.5 Å². The van der Waals surface area contributed by atoms with Crippen LogP contribution in [0.15, 0.2) is 48.5 Å². The van der Waals surface area contributed by atoms with Crippen LogP contribution in [0.25, 0.3) is 0 Å². The summed E-state index contributed by atoms with van der Waals surface area (Å²) in [6, 6.07) is 11.4. The Morgan fingerprint density at radius 1 is 0.864 bits per heavy atom. The molecular weight excluding hydrogens is 286 g/mol. The molecule has 7 heteroatoms. The number of nitrogens with two attached hydrogens (primary N) is 1. The molecular formula is C15H13N3O4. The summed E-state index contributed by atoms with van der Waals surface area (Å²) in [5.41, 5.74) is 6.13. The summed E-state index contributed by atoms with van der Waals surface area (Å²) in [5, 5.41) is 13.9. The molecule has 0 aliphatic heterocycles. The average Bonchev–Trinajstić information content (AvgIpc) is 2.47. The molecule has 3 amide bonds. The molecule has 22 heavy (non-hydrogen) atoms. The fourth-order valence-corrected chi connectivity index (χ4v) is 1.81. The van der Waals surface area contributed by atoms with Gasteiger partial charge in [-0.15, -0.1) is 0 Å². The van der Waals surface area contributed by atoms with Crippen molar-refractivity contribution in [1.29, 1.82) is 0 Å². The number of anilines is 2. The van der Waals surface area contributed by atoms with E-state index in [0.29, 0.717) is 16.9 Å². The molecule has 112 valence electrons. The molecule has 0 radical (unpaired) electrons. The third-order valence-corrected chi connectivity index (χ3v) is 2.76. The van der Waals surface area contributed by atoms with Crippen molar-refractivity contribution in [2.45, 2.75) is 0 Å². The van der Waals surface area contributed by atoms with Gasteiger partial charge in [-0.05, 0) is 36.4 Å². The zero-order valence-electron chi connectivity index (χ0n) is 11.4. The topological polar surface area (TPSA) is 122 Å². The van der Waals surface area contributed by atoms with Gasteiger partial charge in [0.15, 0.2) is 0 Å². The van der Waals surface area contributed by atoms with Gasteiger partial charge in [-0.25, -0.2) is 9.59 Å². The van der Waals surface area contributed by atoms with Crippen LogP contribution in [0.1, 0.15) is 20.7 Å². The molecule has 2 aromatic rings. The number of hydrogen-bond acceptors (Lipinski definition) is 3. The molecule has 0 bridgehead atoms. The second kappa shape index (κ2) is 6.40. The number of carboxylic acids is 1. The van der Waals surface area contributed by atoms with E-state index in [1.807, 2.05) is 0 Å². The first kappa shape index (κ1) is 15.0.